The van der Waals surface area contributed by atoms with E-state index in [0.29, 0.717) is 5.92 Å². The molecule has 0 aliphatic heterocycles. The molecule has 4 aliphatic rings. The molecule has 5 N–H and O–H groups in total. The molecule has 4 aliphatic carbocycles. The number of carbonyl (C=O) groups is 1. The van der Waals surface area contributed by atoms with E-state index < -0.39 is 6.04 Å². The summed E-state index contributed by atoms with van der Waals surface area (Å²) in [5.41, 5.74) is 8.09. The van der Waals surface area contributed by atoms with Gasteiger partial charge in [0.1, 0.15) is 0 Å². The molecule has 0 saturated heterocycles. The lowest BCUT2D eigenvalue weighted by atomic mass is 9.51. The van der Waals surface area contributed by atoms with E-state index in [1.54, 1.807) is 0 Å². The van der Waals surface area contributed by atoms with E-state index in [1.165, 1.54) is 32.1 Å². The fraction of sp³-hybridized carbons (Fsp3) is 0.923. The Balaban J connectivity index is 1.66. The number of carbonyl (C=O) groups excluding carboxylic acids is 1. The topological polar surface area (TPSA) is 81.1 Å². The van der Waals surface area contributed by atoms with Crippen LogP contribution in [0.15, 0.2) is 0 Å². The van der Waals surface area contributed by atoms with Crippen LogP contribution in [0.5, 0.6) is 0 Å². The van der Waals surface area contributed by atoms with Gasteiger partial charge < -0.3 is 5.73 Å². The zero-order valence-electron chi connectivity index (χ0n) is 10.3. The second-order valence-electron chi connectivity index (χ2n) is 6.45. The first kappa shape index (κ1) is 11.5. The van der Waals surface area contributed by atoms with Crippen molar-refractivity contribution in [2.24, 2.45) is 41.2 Å². The number of hydrogen-bond acceptors (Lipinski definition) is 3. The molecule has 0 heterocycles. The lowest BCUT2D eigenvalue weighted by molar-refractivity contribution is -0.123. The predicted molar refractivity (Wildman–Crippen MR) is 65.5 cm³/mol. The molecule has 96 valence electrons. The van der Waals surface area contributed by atoms with Gasteiger partial charge in [0.15, 0.2) is 0 Å². The Labute approximate surface area is 102 Å². The Morgan fingerprint density at radius 3 is 2.12 bits per heavy atom. The number of nitrogens with one attached hydrogen (secondary N) is 1. The molecule has 4 nitrogen and oxygen atoms in total. The summed E-state index contributed by atoms with van der Waals surface area (Å²) in [6, 6.07) is -0.414. The van der Waals surface area contributed by atoms with E-state index in [-0.39, 0.29) is 5.91 Å². The second kappa shape index (κ2) is 4.25. The average molecular weight is 237 g/mol. The zero-order valence-corrected chi connectivity index (χ0v) is 10.3. The summed E-state index contributed by atoms with van der Waals surface area (Å²) < 4.78 is 0. The van der Waals surface area contributed by atoms with Crippen molar-refractivity contribution in [3.8, 4) is 0 Å². The first-order valence-corrected chi connectivity index (χ1v) is 6.93. The van der Waals surface area contributed by atoms with Crippen LogP contribution >= 0.6 is 0 Å². The monoisotopic (exact) mass is 237 g/mol. The molecule has 0 aromatic carbocycles. The minimum absolute atomic E-state index is 0.209. The highest BCUT2D eigenvalue weighted by Gasteiger charge is 2.48. The highest BCUT2D eigenvalue weighted by atomic mass is 16.2. The summed E-state index contributed by atoms with van der Waals surface area (Å²) >= 11 is 0. The van der Waals surface area contributed by atoms with Gasteiger partial charge in [0.2, 0.25) is 0 Å². The maximum absolute atomic E-state index is 11.4. The third kappa shape index (κ3) is 1.97. The minimum Gasteiger partial charge on any atom is -0.320 e. The number of hydrazine groups is 1. The molecular weight excluding hydrogens is 214 g/mol. The van der Waals surface area contributed by atoms with Crippen LogP contribution in [0.2, 0.25) is 0 Å². The van der Waals surface area contributed by atoms with Gasteiger partial charge in [-0.1, -0.05) is 0 Å². The molecule has 4 saturated carbocycles. The van der Waals surface area contributed by atoms with Gasteiger partial charge in [-0.05, 0) is 68.1 Å². The number of amides is 1. The number of rotatable bonds is 3. The van der Waals surface area contributed by atoms with Crippen LogP contribution in [0.3, 0.4) is 0 Å². The smallest absolute Gasteiger partial charge is 0.250 e. The summed E-state index contributed by atoms with van der Waals surface area (Å²) in [7, 11) is 0. The van der Waals surface area contributed by atoms with E-state index in [0.717, 1.165) is 30.1 Å². The highest BCUT2D eigenvalue weighted by Crippen LogP contribution is 2.57. The van der Waals surface area contributed by atoms with E-state index in [1.807, 2.05) is 0 Å². The molecule has 4 rings (SSSR count). The van der Waals surface area contributed by atoms with Gasteiger partial charge in [-0.15, -0.1) is 0 Å². The summed E-state index contributed by atoms with van der Waals surface area (Å²) in [6.45, 7) is 0. The first-order valence-electron chi connectivity index (χ1n) is 6.93. The van der Waals surface area contributed by atoms with Crippen LogP contribution in [0.25, 0.3) is 0 Å². The van der Waals surface area contributed by atoms with Crippen LogP contribution in [-0.2, 0) is 4.79 Å². The summed E-state index contributed by atoms with van der Waals surface area (Å²) in [5, 5.41) is 0. The van der Waals surface area contributed by atoms with Gasteiger partial charge in [0, 0.05) is 0 Å². The molecule has 4 bridgehead atoms. The molecular formula is C13H23N3O. The van der Waals surface area contributed by atoms with Crippen molar-refractivity contribution in [3.05, 3.63) is 0 Å². The van der Waals surface area contributed by atoms with Crippen molar-refractivity contribution >= 4 is 5.91 Å². The molecule has 1 amide bonds. The van der Waals surface area contributed by atoms with Crippen molar-refractivity contribution in [3.63, 3.8) is 0 Å². The molecule has 4 fully saturated rings. The maximum Gasteiger partial charge on any atom is 0.250 e. The summed E-state index contributed by atoms with van der Waals surface area (Å²) in [5.74, 6) is 9.24. The fourth-order valence-corrected chi connectivity index (χ4v) is 4.93. The average Bonchev–Trinajstić information content (AvgIpc) is 2.31. The van der Waals surface area contributed by atoms with Crippen molar-refractivity contribution in [2.75, 3.05) is 0 Å². The van der Waals surface area contributed by atoms with Crippen molar-refractivity contribution in [2.45, 2.75) is 44.6 Å². The molecule has 4 heteroatoms. The molecule has 1 atom stereocenters. The third-order valence-electron chi connectivity index (χ3n) is 5.43. The summed E-state index contributed by atoms with van der Waals surface area (Å²) in [4.78, 5) is 11.4. The van der Waals surface area contributed by atoms with E-state index >= 15 is 0 Å². The lowest BCUT2D eigenvalue weighted by Gasteiger charge is -2.55. The first-order chi connectivity index (χ1) is 8.17. The molecule has 0 aromatic rings. The van der Waals surface area contributed by atoms with Crippen molar-refractivity contribution in [1.82, 2.24) is 5.43 Å². The van der Waals surface area contributed by atoms with Crippen LogP contribution in [0.4, 0.5) is 0 Å². The van der Waals surface area contributed by atoms with E-state index in [2.05, 4.69) is 5.43 Å². The molecule has 17 heavy (non-hydrogen) atoms. The van der Waals surface area contributed by atoms with Gasteiger partial charge in [0.25, 0.3) is 5.91 Å². The van der Waals surface area contributed by atoms with Gasteiger partial charge in [-0.25, -0.2) is 5.84 Å². The van der Waals surface area contributed by atoms with Crippen molar-refractivity contribution < 1.29 is 4.79 Å². The zero-order chi connectivity index (χ0) is 12.0. The maximum atomic E-state index is 11.4. The Morgan fingerprint density at radius 1 is 1.12 bits per heavy atom. The largest absolute Gasteiger partial charge is 0.320 e. The number of hydrogen-bond donors (Lipinski definition) is 3. The van der Waals surface area contributed by atoms with E-state index in [4.69, 9.17) is 11.6 Å². The van der Waals surface area contributed by atoms with Gasteiger partial charge >= 0.3 is 0 Å². The normalized spacial score (nSPS) is 44.7. The minimum atomic E-state index is -0.414. The standard InChI is InChI=1S/C13H23N3O/c14-12(13(17)16-15)6-11-9-2-7-1-8(4-9)5-10(11)3-7/h7-12H,1-6,14-15H2,(H,16,17). The molecule has 0 aromatic heterocycles. The van der Waals surface area contributed by atoms with Gasteiger partial charge in [-0.2, -0.15) is 0 Å². The lowest BCUT2D eigenvalue weighted by Crippen LogP contribution is -2.50. The quantitative estimate of drug-likeness (QED) is 0.385. The van der Waals surface area contributed by atoms with Crippen molar-refractivity contribution in [1.29, 1.82) is 0 Å². The Kier molecular flexibility index (Phi) is 2.87. The Hall–Kier alpha value is -0.610. The summed E-state index contributed by atoms with van der Waals surface area (Å²) in [6.07, 6.45) is 7.83. The van der Waals surface area contributed by atoms with Crippen LogP contribution in [-0.4, -0.2) is 11.9 Å². The number of nitrogens with two attached hydrogens (primary N) is 2. The third-order valence-corrected chi connectivity index (χ3v) is 5.43. The SMILES string of the molecule is NNC(=O)C(N)CC1C2CC3CC(C2)CC1C3. The molecule has 0 radical (unpaired) electrons. The van der Waals surface area contributed by atoms with Crippen LogP contribution < -0.4 is 17.0 Å². The fourth-order valence-electron chi connectivity index (χ4n) is 4.93. The van der Waals surface area contributed by atoms with Crippen LogP contribution in [0, 0.1) is 29.6 Å². The van der Waals surface area contributed by atoms with Gasteiger partial charge in [-0.3, -0.25) is 10.2 Å². The highest BCUT2D eigenvalue weighted by molar-refractivity contribution is 5.80. The molecule has 0 spiro atoms. The Bertz CT molecular complexity index is 290. The second-order valence-corrected chi connectivity index (χ2v) is 6.45. The van der Waals surface area contributed by atoms with Crippen LogP contribution in [0.1, 0.15) is 38.5 Å². The van der Waals surface area contributed by atoms with E-state index in [9.17, 15) is 4.79 Å². The Morgan fingerprint density at radius 2 is 1.65 bits per heavy atom. The molecule has 1 unspecified atom stereocenters. The predicted octanol–water partition coefficient (Wildman–Crippen LogP) is 0.766. The van der Waals surface area contributed by atoms with Gasteiger partial charge in [0.05, 0.1) is 6.04 Å².